The number of allylic oxidation sites excluding steroid dienone is 4. The molecule has 132 valence electrons. The van der Waals surface area contributed by atoms with Gasteiger partial charge in [-0.2, -0.15) is 0 Å². The molecule has 2 N–H and O–H groups in total. The van der Waals surface area contributed by atoms with Crippen LogP contribution in [0.2, 0.25) is 0 Å². The number of para-hydroxylation sites is 1. The van der Waals surface area contributed by atoms with Crippen molar-refractivity contribution >= 4 is 43.3 Å². The molecule has 3 rings (SSSR count). The predicted octanol–water partition coefficient (Wildman–Crippen LogP) is 2.81. The highest BCUT2D eigenvalue weighted by Crippen LogP contribution is 2.42. The van der Waals surface area contributed by atoms with Crippen LogP contribution < -0.4 is 9.62 Å². The van der Waals surface area contributed by atoms with Crippen molar-refractivity contribution < 1.29 is 18.3 Å². The van der Waals surface area contributed by atoms with Crippen LogP contribution in [-0.2, 0) is 14.8 Å². The third-order valence-electron chi connectivity index (χ3n) is 4.16. The van der Waals surface area contributed by atoms with E-state index < -0.39 is 16.0 Å². The number of carbonyl (C=O) groups is 1. The highest BCUT2D eigenvalue weighted by molar-refractivity contribution is 9.11. The normalized spacial score (nSPS) is 18.6. The van der Waals surface area contributed by atoms with Crippen LogP contribution in [0.5, 0.6) is 0 Å². The van der Waals surface area contributed by atoms with Crippen LogP contribution in [0.1, 0.15) is 18.4 Å². The number of carboxylic acid groups (broad SMARTS) is 1. The van der Waals surface area contributed by atoms with Crippen LogP contribution in [0.25, 0.3) is 5.70 Å². The summed E-state index contributed by atoms with van der Waals surface area (Å²) >= 11 is 3.36. The summed E-state index contributed by atoms with van der Waals surface area (Å²) in [5, 5.41) is 12.0. The Kier molecular flexibility index (Phi) is 4.75. The van der Waals surface area contributed by atoms with Crippen molar-refractivity contribution in [2.45, 2.75) is 12.8 Å². The van der Waals surface area contributed by atoms with Crippen molar-refractivity contribution in [1.29, 1.82) is 0 Å². The van der Waals surface area contributed by atoms with Crippen molar-refractivity contribution in [3.8, 4) is 0 Å². The summed E-state index contributed by atoms with van der Waals surface area (Å²) in [6.45, 7) is 0.213. The lowest BCUT2D eigenvalue weighted by molar-refractivity contribution is -0.136. The molecule has 0 saturated carbocycles. The van der Waals surface area contributed by atoms with Crippen molar-refractivity contribution in [3.63, 3.8) is 0 Å². The largest absolute Gasteiger partial charge is 0.481 e. The van der Waals surface area contributed by atoms with Gasteiger partial charge in [-0.05, 0) is 18.6 Å². The first-order chi connectivity index (χ1) is 11.8. The number of nitrogens with one attached hydrogen (secondary N) is 1. The number of rotatable bonds is 4. The molecule has 0 radical (unpaired) electrons. The summed E-state index contributed by atoms with van der Waals surface area (Å²) in [4.78, 5) is 11.1. The zero-order chi connectivity index (χ0) is 18.2. The number of nitrogens with zero attached hydrogens (tertiary/aromatic N) is 1. The number of sulfonamides is 1. The van der Waals surface area contributed by atoms with Gasteiger partial charge in [0.25, 0.3) is 10.0 Å². The number of benzene rings is 1. The summed E-state index contributed by atoms with van der Waals surface area (Å²) in [6, 6.07) is 7.20. The van der Waals surface area contributed by atoms with Crippen molar-refractivity contribution in [2.24, 2.45) is 0 Å². The van der Waals surface area contributed by atoms with Crippen LogP contribution in [0.3, 0.4) is 0 Å². The Morgan fingerprint density at radius 3 is 2.80 bits per heavy atom. The molecule has 1 aromatic carbocycles. The van der Waals surface area contributed by atoms with E-state index in [2.05, 4.69) is 21.2 Å². The molecular formula is C17H17BrN2O4S. The van der Waals surface area contributed by atoms with Gasteiger partial charge in [-0.25, -0.2) is 8.42 Å². The number of halogens is 1. The quantitative estimate of drug-likeness (QED) is 0.775. The Morgan fingerprint density at radius 1 is 1.36 bits per heavy atom. The number of hydrogen-bond donors (Lipinski definition) is 2. The maximum atomic E-state index is 13.1. The molecule has 2 aliphatic rings. The molecule has 0 aromatic heterocycles. The molecule has 8 heteroatoms. The Bertz CT molecular complexity index is 932. The summed E-state index contributed by atoms with van der Waals surface area (Å²) in [5.41, 5.74) is 2.60. The number of aliphatic carboxylic acids is 1. The van der Waals surface area contributed by atoms with E-state index in [0.29, 0.717) is 27.9 Å². The van der Waals surface area contributed by atoms with Crippen molar-refractivity contribution in [3.05, 3.63) is 56.9 Å². The average molecular weight is 425 g/mol. The van der Waals surface area contributed by atoms with Gasteiger partial charge in [-0.1, -0.05) is 40.2 Å². The molecule has 0 fully saturated rings. The van der Waals surface area contributed by atoms with E-state index in [-0.39, 0.29) is 17.9 Å². The van der Waals surface area contributed by atoms with Gasteiger partial charge in [-0.3, -0.25) is 9.10 Å². The van der Waals surface area contributed by atoms with E-state index in [1.165, 1.54) is 11.4 Å². The van der Waals surface area contributed by atoms with E-state index in [9.17, 15) is 13.2 Å². The predicted molar refractivity (Wildman–Crippen MR) is 101 cm³/mol. The third-order valence-corrected chi connectivity index (χ3v) is 6.55. The summed E-state index contributed by atoms with van der Waals surface area (Å²) < 4.78 is 28.1. The van der Waals surface area contributed by atoms with E-state index in [1.54, 1.807) is 18.2 Å². The fourth-order valence-electron chi connectivity index (χ4n) is 2.92. The Morgan fingerprint density at radius 2 is 2.08 bits per heavy atom. The molecule has 0 spiro atoms. The Balaban J connectivity index is 2.21. The van der Waals surface area contributed by atoms with E-state index in [1.807, 2.05) is 18.2 Å². The molecule has 1 aromatic rings. The van der Waals surface area contributed by atoms with Gasteiger partial charge in [0.1, 0.15) is 0 Å². The van der Waals surface area contributed by atoms with Crippen molar-refractivity contribution in [2.75, 3.05) is 17.9 Å². The lowest BCUT2D eigenvalue weighted by Gasteiger charge is -2.21. The minimum Gasteiger partial charge on any atom is -0.481 e. The fourth-order valence-corrected chi connectivity index (χ4v) is 4.95. The molecule has 1 aliphatic heterocycles. The van der Waals surface area contributed by atoms with Crippen LogP contribution in [0.4, 0.5) is 5.69 Å². The summed E-state index contributed by atoms with van der Waals surface area (Å²) in [5.74, 6) is -0.910. The molecule has 0 saturated heterocycles. The number of anilines is 1. The van der Waals surface area contributed by atoms with Gasteiger partial charge in [0.15, 0.2) is 0 Å². The molecule has 25 heavy (non-hydrogen) atoms. The third kappa shape index (κ3) is 3.23. The minimum atomic E-state index is -3.71. The number of fused-ring (bicyclic) bond motifs is 2. The lowest BCUT2D eigenvalue weighted by Crippen LogP contribution is -2.28. The number of carboxylic acids is 1. The molecule has 0 atom stereocenters. The highest BCUT2D eigenvalue weighted by Gasteiger charge is 2.35. The highest BCUT2D eigenvalue weighted by atomic mass is 79.9. The molecule has 0 bridgehead atoms. The van der Waals surface area contributed by atoms with E-state index in [0.717, 1.165) is 5.56 Å². The molecule has 0 amide bonds. The topological polar surface area (TPSA) is 86.7 Å². The first-order valence-corrected chi connectivity index (χ1v) is 9.90. The first-order valence-electron chi connectivity index (χ1n) is 7.67. The van der Waals surface area contributed by atoms with Crippen LogP contribution >= 0.6 is 15.9 Å². The van der Waals surface area contributed by atoms with Crippen molar-refractivity contribution in [1.82, 2.24) is 5.32 Å². The number of hydrogen-bond acceptors (Lipinski definition) is 4. The zero-order valence-corrected chi connectivity index (χ0v) is 15.9. The first kappa shape index (κ1) is 17.8. The Labute approximate surface area is 154 Å². The summed E-state index contributed by atoms with van der Waals surface area (Å²) in [6.07, 6.45) is 3.86. The van der Waals surface area contributed by atoms with Gasteiger partial charge < -0.3 is 10.4 Å². The molecule has 1 heterocycles. The van der Waals surface area contributed by atoms with Crippen LogP contribution in [-0.4, -0.2) is 33.1 Å². The minimum absolute atomic E-state index is 0.0554. The standard InChI is InChI=1S/C17H17BrN2O4S/c1-20-14-5-3-2-4-12(14)17(19-9-8-16(21)22)13-7-6-11(18)10-15(13)25(20,23)24/h2-6,10,19H,7-9H2,1H3,(H,21,22). The van der Waals surface area contributed by atoms with Gasteiger partial charge >= 0.3 is 5.97 Å². The maximum Gasteiger partial charge on any atom is 0.305 e. The fraction of sp³-hybridized carbons (Fsp3) is 0.235. The molecule has 6 nitrogen and oxygen atoms in total. The van der Waals surface area contributed by atoms with Gasteiger partial charge in [0, 0.05) is 34.9 Å². The van der Waals surface area contributed by atoms with E-state index in [4.69, 9.17) is 5.11 Å². The Hall–Kier alpha value is -2.06. The molecule has 1 aliphatic carbocycles. The van der Waals surface area contributed by atoms with Crippen LogP contribution in [0, 0.1) is 0 Å². The lowest BCUT2D eigenvalue weighted by atomic mass is 9.99. The second kappa shape index (κ2) is 6.68. The SMILES string of the molecule is CN1c2ccccc2C(NCCC(=O)O)=C2CC=C(Br)C=C2S1(=O)=O. The molecule has 0 unspecified atom stereocenters. The second-order valence-electron chi connectivity index (χ2n) is 5.72. The monoisotopic (exact) mass is 424 g/mol. The van der Waals surface area contributed by atoms with Gasteiger partial charge in [-0.15, -0.1) is 0 Å². The van der Waals surface area contributed by atoms with Crippen LogP contribution in [0.15, 0.2) is 51.4 Å². The van der Waals surface area contributed by atoms with E-state index >= 15 is 0 Å². The van der Waals surface area contributed by atoms with Gasteiger partial charge in [0.2, 0.25) is 0 Å². The molecular weight excluding hydrogens is 408 g/mol. The zero-order valence-electron chi connectivity index (χ0n) is 13.5. The maximum absolute atomic E-state index is 13.1. The summed E-state index contributed by atoms with van der Waals surface area (Å²) in [7, 11) is -2.18. The second-order valence-corrected chi connectivity index (χ2v) is 8.57. The smallest absolute Gasteiger partial charge is 0.305 e. The van der Waals surface area contributed by atoms with Gasteiger partial charge in [0.05, 0.1) is 17.0 Å². The average Bonchev–Trinajstić information content (AvgIpc) is 2.63.